The summed E-state index contributed by atoms with van der Waals surface area (Å²) in [6.45, 7) is 5.65. The lowest BCUT2D eigenvalue weighted by Gasteiger charge is -2.15. The molecule has 1 aliphatic rings. The Balaban J connectivity index is 1.91. The number of rotatable bonds is 5. The molecular formula is C13H18N2O3. The standard InChI is InChI=1S/C13H18N2O3/c1-11-4-5-12(15(16)17)10-13(11)18-9-8-14-6-2-3-7-14/h4-5,10H,2-3,6-9H2,1H3. The third-order valence-electron chi connectivity index (χ3n) is 3.25. The summed E-state index contributed by atoms with van der Waals surface area (Å²) in [6.07, 6.45) is 2.52. The van der Waals surface area contributed by atoms with Crippen LogP contribution in [0.25, 0.3) is 0 Å². The lowest BCUT2D eigenvalue weighted by Crippen LogP contribution is -2.25. The number of non-ortho nitro benzene ring substituents is 1. The second-order valence-corrected chi connectivity index (χ2v) is 4.60. The molecule has 18 heavy (non-hydrogen) atoms. The molecule has 0 N–H and O–H groups in total. The molecule has 5 nitrogen and oxygen atoms in total. The van der Waals surface area contributed by atoms with Crippen molar-refractivity contribution >= 4 is 5.69 Å². The Morgan fingerprint density at radius 1 is 1.39 bits per heavy atom. The summed E-state index contributed by atoms with van der Waals surface area (Å²) in [5.74, 6) is 0.614. The molecule has 0 radical (unpaired) electrons. The molecule has 0 aliphatic carbocycles. The fourth-order valence-electron chi connectivity index (χ4n) is 2.15. The molecule has 1 fully saturated rings. The van der Waals surface area contributed by atoms with Crippen LogP contribution in [0.15, 0.2) is 18.2 Å². The van der Waals surface area contributed by atoms with E-state index in [-0.39, 0.29) is 5.69 Å². The topological polar surface area (TPSA) is 55.6 Å². The second kappa shape index (κ2) is 5.82. The predicted molar refractivity (Wildman–Crippen MR) is 69.0 cm³/mol. The van der Waals surface area contributed by atoms with Crippen molar-refractivity contribution in [1.29, 1.82) is 0 Å². The Labute approximate surface area is 107 Å². The van der Waals surface area contributed by atoms with Gasteiger partial charge in [0, 0.05) is 12.6 Å². The molecule has 0 spiro atoms. The largest absolute Gasteiger partial charge is 0.492 e. The summed E-state index contributed by atoms with van der Waals surface area (Å²) >= 11 is 0. The van der Waals surface area contributed by atoms with Crippen molar-refractivity contribution in [2.75, 3.05) is 26.2 Å². The number of hydrogen-bond donors (Lipinski definition) is 0. The molecule has 0 bridgehead atoms. The van der Waals surface area contributed by atoms with Crippen LogP contribution in [0, 0.1) is 17.0 Å². The average Bonchev–Trinajstić information content (AvgIpc) is 2.84. The first kappa shape index (κ1) is 12.8. The summed E-state index contributed by atoms with van der Waals surface area (Å²) < 4.78 is 5.64. The van der Waals surface area contributed by atoms with Crippen molar-refractivity contribution in [3.63, 3.8) is 0 Å². The van der Waals surface area contributed by atoms with Gasteiger partial charge in [-0.1, -0.05) is 0 Å². The third-order valence-corrected chi connectivity index (χ3v) is 3.25. The SMILES string of the molecule is Cc1ccc([N+](=O)[O-])cc1OCCN1CCCC1. The van der Waals surface area contributed by atoms with Crippen LogP contribution in [0.5, 0.6) is 5.75 Å². The highest BCUT2D eigenvalue weighted by atomic mass is 16.6. The zero-order valence-electron chi connectivity index (χ0n) is 10.6. The highest BCUT2D eigenvalue weighted by molar-refractivity contribution is 5.43. The molecule has 1 aromatic carbocycles. The van der Waals surface area contributed by atoms with Gasteiger partial charge < -0.3 is 4.74 Å². The van der Waals surface area contributed by atoms with Crippen LogP contribution in [0.2, 0.25) is 0 Å². The van der Waals surface area contributed by atoms with Gasteiger partial charge in [0.15, 0.2) is 0 Å². The monoisotopic (exact) mass is 250 g/mol. The van der Waals surface area contributed by atoms with Crippen molar-refractivity contribution < 1.29 is 9.66 Å². The Morgan fingerprint density at radius 2 is 2.11 bits per heavy atom. The molecule has 0 unspecified atom stereocenters. The number of likely N-dealkylation sites (tertiary alicyclic amines) is 1. The van der Waals surface area contributed by atoms with Crippen LogP contribution in [0.1, 0.15) is 18.4 Å². The summed E-state index contributed by atoms with van der Waals surface area (Å²) in [5, 5.41) is 10.7. The Kier molecular flexibility index (Phi) is 4.15. The van der Waals surface area contributed by atoms with Gasteiger partial charge in [-0.2, -0.15) is 0 Å². The zero-order valence-corrected chi connectivity index (χ0v) is 10.6. The molecule has 98 valence electrons. The van der Waals surface area contributed by atoms with Crippen LogP contribution in [0.4, 0.5) is 5.69 Å². The minimum atomic E-state index is -0.396. The lowest BCUT2D eigenvalue weighted by molar-refractivity contribution is -0.384. The Morgan fingerprint density at radius 3 is 2.78 bits per heavy atom. The molecule has 1 heterocycles. The van der Waals surface area contributed by atoms with E-state index in [1.54, 1.807) is 6.07 Å². The first-order chi connectivity index (χ1) is 8.66. The average molecular weight is 250 g/mol. The Bertz CT molecular complexity index is 428. The second-order valence-electron chi connectivity index (χ2n) is 4.60. The van der Waals surface area contributed by atoms with Gasteiger partial charge in [0.25, 0.3) is 5.69 Å². The van der Waals surface area contributed by atoms with Crippen molar-refractivity contribution in [2.24, 2.45) is 0 Å². The molecule has 2 rings (SSSR count). The summed E-state index contributed by atoms with van der Waals surface area (Å²) in [7, 11) is 0. The van der Waals surface area contributed by atoms with E-state index in [4.69, 9.17) is 4.74 Å². The van der Waals surface area contributed by atoms with Crippen LogP contribution in [0.3, 0.4) is 0 Å². The van der Waals surface area contributed by atoms with Gasteiger partial charge in [-0.3, -0.25) is 15.0 Å². The van der Waals surface area contributed by atoms with E-state index < -0.39 is 4.92 Å². The molecule has 1 saturated heterocycles. The fraction of sp³-hybridized carbons (Fsp3) is 0.538. The van der Waals surface area contributed by atoms with Crippen LogP contribution < -0.4 is 4.74 Å². The number of nitro groups is 1. The van der Waals surface area contributed by atoms with Crippen LogP contribution in [-0.2, 0) is 0 Å². The maximum Gasteiger partial charge on any atom is 0.273 e. The van der Waals surface area contributed by atoms with Gasteiger partial charge in [-0.05, 0) is 44.5 Å². The normalized spacial score (nSPS) is 15.8. The minimum Gasteiger partial charge on any atom is -0.492 e. The number of aryl methyl sites for hydroxylation is 1. The van der Waals surface area contributed by atoms with E-state index in [9.17, 15) is 10.1 Å². The zero-order chi connectivity index (χ0) is 13.0. The molecule has 0 amide bonds. The molecule has 1 aliphatic heterocycles. The number of nitrogens with zero attached hydrogens (tertiary/aromatic N) is 2. The fourth-order valence-corrected chi connectivity index (χ4v) is 2.15. The van der Waals surface area contributed by atoms with E-state index >= 15 is 0 Å². The molecular weight excluding hydrogens is 232 g/mol. The van der Waals surface area contributed by atoms with Gasteiger partial charge >= 0.3 is 0 Å². The highest BCUT2D eigenvalue weighted by Crippen LogP contribution is 2.24. The smallest absolute Gasteiger partial charge is 0.273 e. The van der Waals surface area contributed by atoms with Gasteiger partial charge in [0.05, 0.1) is 11.0 Å². The molecule has 5 heteroatoms. The molecule has 0 saturated carbocycles. The van der Waals surface area contributed by atoms with Gasteiger partial charge in [0.1, 0.15) is 12.4 Å². The van der Waals surface area contributed by atoms with Crippen molar-refractivity contribution in [1.82, 2.24) is 4.90 Å². The minimum absolute atomic E-state index is 0.0803. The van der Waals surface area contributed by atoms with Gasteiger partial charge in [-0.25, -0.2) is 0 Å². The predicted octanol–water partition coefficient (Wildman–Crippen LogP) is 2.38. The number of benzene rings is 1. The first-order valence-electron chi connectivity index (χ1n) is 6.27. The molecule has 1 aromatic rings. The summed E-state index contributed by atoms with van der Waals surface area (Å²) in [4.78, 5) is 12.6. The molecule has 0 atom stereocenters. The third kappa shape index (κ3) is 3.20. The van der Waals surface area contributed by atoms with Crippen LogP contribution in [-0.4, -0.2) is 36.1 Å². The van der Waals surface area contributed by atoms with E-state index in [2.05, 4.69) is 4.90 Å². The lowest BCUT2D eigenvalue weighted by atomic mass is 10.2. The van der Waals surface area contributed by atoms with Crippen LogP contribution >= 0.6 is 0 Å². The van der Waals surface area contributed by atoms with Gasteiger partial charge in [0.2, 0.25) is 0 Å². The Hall–Kier alpha value is -1.62. The molecule has 0 aromatic heterocycles. The highest BCUT2D eigenvalue weighted by Gasteiger charge is 2.12. The maximum atomic E-state index is 10.7. The van der Waals surface area contributed by atoms with Crippen molar-refractivity contribution in [3.05, 3.63) is 33.9 Å². The van der Waals surface area contributed by atoms with E-state index in [1.165, 1.54) is 25.0 Å². The summed E-state index contributed by atoms with van der Waals surface area (Å²) in [5.41, 5.74) is 1.01. The number of ether oxygens (including phenoxy) is 1. The van der Waals surface area contributed by atoms with E-state index in [0.717, 1.165) is 25.2 Å². The van der Waals surface area contributed by atoms with Crippen molar-refractivity contribution in [3.8, 4) is 5.75 Å². The summed E-state index contributed by atoms with van der Waals surface area (Å²) in [6, 6.07) is 4.73. The maximum absolute atomic E-state index is 10.7. The van der Waals surface area contributed by atoms with Crippen molar-refractivity contribution in [2.45, 2.75) is 19.8 Å². The van der Waals surface area contributed by atoms with E-state index in [1.807, 2.05) is 6.92 Å². The quantitative estimate of drug-likeness (QED) is 0.594. The van der Waals surface area contributed by atoms with Gasteiger partial charge in [-0.15, -0.1) is 0 Å². The number of nitro benzene ring substituents is 1. The number of hydrogen-bond acceptors (Lipinski definition) is 4. The van der Waals surface area contributed by atoms with E-state index in [0.29, 0.717) is 12.4 Å². The first-order valence-corrected chi connectivity index (χ1v) is 6.27.